The summed E-state index contributed by atoms with van der Waals surface area (Å²) in [6.07, 6.45) is 2.86. The molecule has 2 atom stereocenters. The van der Waals surface area contributed by atoms with Crippen molar-refractivity contribution in [1.29, 1.82) is 0 Å². The molecule has 1 aliphatic carbocycles. The van der Waals surface area contributed by atoms with Gasteiger partial charge in [-0.25, -0.2) is 0 Å². The zero-order valence-electron chi connectivity index (χ0n) is 9.36. The van der Waals surface area contributed by atoms with Crippen LogP contribution < -0.4 is 4.74 Å². The molecule has 1 aromatic carbocycles. The minimum atomic E-state index is -0.605. The molecular formula is C13H18O2. The first-order chi connectivity index (χ1) is 7.14. The second-order valence-electron chi connectivity index (χ2n) is 4.61. The van der Waals surface area contributed by atoms with Crippen LogP contribution in [0.2, 0.25) is 0 Å². The molecule has 1 saturated carbocycles. The highest BCUT2D eigenvalue weighted by atomic mass is 16.5. The lowest BCUT2D eigenvalue weighted by Gasteiger charge is -2.23. The van der Waals surface area contributed by atoms with E-state index in [0.717, 1.165) is 30.6 Å². The Morgan fingerprint density at radius 3 is 2.47 bits per heavy atom. The molecule has 0 aliphatic heterocycles. The van der Waals surface area contributed by atoms with E-state index in [4.69, 9.17) is 4.74 Å². The molecule has 0 aromatic heterocycles. The van der Waals surface area contributed by atoms with Gasteiger partial charge in [-0.3, -0.25) is 0 Å². The molecule has 0 spiro atoms. The Kier molecular flexibility index (Phi) is 2.70. The van der Waals surface area contributed by atoms with E-state index in [-0.39, 0.29) is 0 Å². The van der Waals surface area contributed by atoms with Crippen molar-refractivity contribution in [2.75, 3.05) is 7.11 Å². The molecule has 2 heteroatoms. The molecule has 2 nitrogen and oxygen atoms in total. The van der Waals surface area contributed by atoms with Gasteiger partial charge in [0.25, 0.3) is 0 Å². The average Bonchev–Trinajstić information content (AvgIpc) is 2.60. The quantitative estimate of drug-likeness (QED) is 0.806. The van der Waals surface area contributed by atoms with Crippen LogP contribution in [-0.4, -0.2) is 12.2 Å². The lowest BCUT2D eigenvalue weighted by molar-refractivity contribution is 0.0407. The number of aliphatic hydroxyl groups is 1. The van der Waals surface area contributed by atoms with Gasteiger partial charge < -0.3 is 9.84 Å². The fourth-order valence-corrected chi connectivity index (χ4v) is 2.43. The van der Waals surface area contributed by atoms with Crippen LogP contribution in [-0.2, 0) is 5.60 Å². The smallest absolute Gasteiger partial charge is 0.118 e. The van der Waals surface area contributed by atoms with Gasteiger partial charge in [-0.2, -0.15) is 0 Å². The zero-order chi connectivity index (χ0) is 10.9. The first-order valence-electron chi connectivity index (χ1n) is 5.51. The van der Waals surface area contributed by atoms with E-state index in [1.54, 1.807) is 7.11 Å². The van der Waals surface area contributed by atoms with Gasteiger partial charge in [-0.1, -0.05) is 19.1 Å². The van der Waals surface area contributed by atoms with Crippen molar-refractivity contribution in [1.82, 2.24) is 0 Å². The number of rotatable bonds is 2. The number of ether oxygens (including phenoxy) is 1. The first kappa shape index (κ1) is 10.5. The molecule has 0 radical (unpaired) electrons. The topological polar surface area (TPSA) is 29.5 Å². The van der Waals surface area contributed by atoms with Gasteiger partial charge >= 0.3 is 0 Å². The third-order valence-corrected chi connectivity index (χ3v) is 3.36. The van der Waals surface area contributed by atoms with Crippen LogP contribution in [0.5, 0.6) is 5.75 Å². The highest BCUT2D eigenvalue weighted by Crippen LogP contribution is 2.41. The highest BCUT2D eigenvalue weighted by molar-refractivity contribution is 5.31. The Morgan fingerprint density at radius 1 is 1.33 bits per heavy atom. The maximum absolute atomic E-state index is 10.5. The summed E-state index contributed by atoms with van der Waals surface area (Å²) in [5.74, 6) is 1.46. The molecule has 1 aromatic rings. The van der Waals surface area contributed by atoms with E-state index in [2.05, 4.69) is 6.92 Å². The van der Waals surface area contributed by atoms with E-state index in [1.807, 2.05) is 24.3 Å². The molecule has 1 aliphatic rings. The summed E-state index contributed by atoms with van der Waals surface area (Å²) in [4.78, 5) is 0. The normalized spacial score (nSPS) is 30.5. The van der Waals surface area contributed by atoms with Crippen molar-refractivity contribution < 1.29 is 9.84 Å². The van der Waals surface area contributed by atoms with E-state index in [1.165, 1.54) is 0 Å². The van der Waals surface area contributed by atoms with Crippen LogP contribution in [0.3, 0.4) is 0 Å². The number of methoxy groups -OCH3 is 1. The average molecular weight is 206 g/mol. The Morgan fingerprint density at radius 2 is 2.00 bits per heavy atom. The summed E-state index contributed by atoms with van der Waals surface area (Å²) in [5, 5.41) is 10.5. The fraction of sp³-hybridized carbons (Fsp3) is 0.538. The molecule has 2 rings (SSSR count). The van der Waals surface area contributed by atoms with Crippen molar-refractivity contribution in [3.05, 3.63) is 29.8 Å². The minimum absolute atomic E-state index is 0.605. The monoisotopic (exact) mass is 206 g/mol. The molecule has 0 heterocycles. The van der Waals surface area contributed by atoms with Crippen LogP contribution in [0.25, 0.3) is 0 Å². The molecule has 82 valence electrons. The van der Waals surface area contributed by atoms with Gasteiger partial charge in [0.1, 0.15) is 5.75 Å². The van der Waals surface area contributed by atoms with E-state index >= 15 is 0 Å². The first-order valence-corrected chi connectivity index (χ1v) is 5.51. The number of hydrogen-bond acceptors (Lipinski definition) is 2. The molecule has 0 bridgehead atoms. The van der Waals surface area contributed by atoms with Crippen LogP contribution in [0, 0.1) is 5.92 Å². The Labute approximate surface area is 90.9 Å². The summed E-state index contributed by atoms with van der Waals surface area (Å²) in [6, 6.07) is 7.76. The third-order valence-electron chi connectivity index (χ3n) is 3.36. The van der Waals surface area contributed by atoms with Crippen molar-refractivity contribution in [3.8, 4) is 5.75 Å². The van der Waals surface area contributed by atoms with Gasteiger partial charge in [-0.15, -0.1) is 0 Å². The lowest BCUT2D eigenvalue weighted by atomic mass is 9.91. The fourth-order valence-electron chi connectivity index (χ4n) is 2.43. The van der Waals surface area contributed by atoms with Crippen LogP contribution in [0.1, 0.15) is 31.7 Å². The molecule has 0 unspecified atom stereocenters. The molecule has 0 amide bonds. The van der Waals surface area contributed by atoms with Gasteiger partial charge in [0.05, 0.1) is 12.7 Å². The lowest BCUT2D eigenvalue weighted by Crippen LogP contribution is -2.21. The SMILES string of the molecule is COc1ccc([C@@]2(O)CC[C@H](C)C2)cc1. The Bertz CT molecular complexity index is 331. The zero-order valence-corrected chi connectivity index (χ0v) is 9.36. The highest BCUT2D eigenvalue weighted by Gasteiger charge is 2.36. The van der Waals surface area contributed by atoms with Crippen molar-refractivity contribution in [2.45, 2.75) is 31.8 Å². The maximum Gasteiger partial charge on any atom is 0.118 e. The molecule has 1 N–H and O–H groups in total. The van der Waals surface area contributed by atoms with Gasteiger partial charge in [0.2, 0.25) is 0 Å². The summed E-state index contributed by atoms with van der Waals surface area (Å²) >= 11 is 0. The molecular weight excluding hydrogens is 188 g/mol. The summed E-state index contributed by atoms with van der Waals surface area (Å²) < 4.78 is 5.10. The predicted molar refractivity (Wildman–Crippen MR) is 59.9 cm³/mol. The van der Waals surface area contributed by atoms with E-state index in [9.17, 15) is 5.11 Å². The molecule has 15 heavy (non-hydrogen) atoms. The third kappa shape index (κ3) is 2.00. The van der Waals surface area contributed by atoms with E-state index in [0.29, 0.717) is 5.92 Å². The maximum atomic E-state index is 10.5. The molecule has 1 fully saturated rings. The molecule has 0 saturated heterocycles. The second kappa shape index (κ2) is 3.86. The van der Waals surface area contributed by atoms with Crippen molar-refractivity contribution >= 4 is 0 Å². The van der Waals surface area contributed by atoms with Gasteiger partial charge in [-0.05, 0) is 42.9 Å². The van der Waals surface area contributed by atoms with Crippen molar-refractivity contribution in [3.63, 3.8) is 0 Å². The largest absolute Gasteiger partial charge is 0.497 e. The standard InChI is InChI=1S/C13H18O2/c1-10-7-8-13(14,9-10)11-3-5-12(15-2)6-4-11/h3-6,10,14H,7-9H2,1-2H3/t10-,13+/m0/s1. The summed E-state index contributed by atoms with van der Waals surface area (Å²) in [6.45, 7) is 2.20. The van der Waals surface area contributed by atoms with Crippen LogP contribution in [0.4, 0.5) is 0 Å². The second-order valence-corrected chi connectivity index (χ2v) is 4.61. The van der Waals surface area contributed by atoms with Gasteiger partial charge in [0, 0.05) is 0 Å². The Hall–Kier alpha value is -1.02. The Balaban J connectivity index is 2.22. The predicted octanol–water partition coefficient (Wildman–Crippen LogP) is 2.70. The minimum Gasteiger partial charge on any atom is -0.497 e. The van der Waals surface area contributed by atoms with Gasteiger partial charge in [0.15, 0.2) is 0 Å². The summed E-state index contributed by atoms with van der Waals surface area (Å²) in [5.41, 5.74) is 0.416. The number of hydrogen-bond donors (Lipinski definition) is 1. The number of benzene rings is 1. The van der Waals surface area contributed by atoms with Crippen LogP contribution >= 0.6 is 0 Å². The van der Waals surface area contributed by atoms with E-state index < -0.39 is 5.60 Å². The van der Waals surface area contributed by atoms with Crippen LogP contribution in [0.15, 0.2) is 24.3 Å². The summed E-state index contributed by atoms with van der Waals surface area (Å²) in [7, 11) is 1.65. The van der Waals surface area contributed by atoms with Crippen molar-refractivity contribution in [2.24, 2.45) is 5.92 Å².